The SMILES string of the molecule is CC(C)(C)[C@H]1CCc2c(sc3c2C(=O)N[C@@H](c2ccccc2)N3)C1. The van der Waals surface area contributed by atoms with E-state index in [1.54, 1.807) is 11.3 Å². The summed E-state index contributed by atoms with van der Waals surface area (Å²) in [4.78, 5) is 14.1. The lowest BCUT2D eigenvalue weighted by atomic mass is 9.72. The van der Waals surface area contributed by atoms with Crippen LogP contribution in [0, 0.1) is 11.3 Å². The molecular formula is C20H24N2OS. The maximum atomic E-state index is 12.7. The van der Waals surface area contributed by atoms with Crippen molar-refractivity contribution in [2.24, 2.45) is 11.3 Å². The molecule has 3 nitrogen and oxygen atoms in total. The maximum Gasteiger partial charge on any atom is 0.256 e. The zero-order valence-corrected chi connectivity index (χ0v) is 15.3. The smallest absolute Gasteiger partial charge is 0.256 e. The van der Waals surface area contributed by atoms with E-state index in [1.165, 1.54) is 16.9 Å². The average molecular weight is 340 g/mol. The second-order valence-electron chi connectivity index (χ2n) is 7.98. The molecule has 0 saturated carbocycles. The van der Waals surface area contributed by atoms with Crippen molar-refractivity contribution in [3.63, 3.8) is 0 Å². The predicted molar refractivity (Wildman–Crippen MR) is 99.6 cm³/mol. The summed E-state index contributed by atoms with van der Waals surface area (Å²) < 4.78 is 0. The molecule has 1 amide bonds. The summed E-state index contributed by atoms with van der Waals surface area (Å²) in [5.41, 5.74) is 3.60. The lowest BCUT2D eigenvalue weighted by Crippen LogP contribution is -2.38. The van der Waals surface area contributed by atoms with Crippen LogP contribution >= 0.6 is 11.3 Å². The van der Waals surface area contributed by atoms with E-state index in [0.717, 1.165) is 29.0 Å². The number of hydrogen-bond donors (Lipinski definition) is 2. The number of nitrogens with one attached hydrogen (secondary N) is 2. The molecular weight excluding hydrogens is 316 g/mol. The van der Waals surface area contributed by atoms with Crippen LogP contribution in [0.5, 0.6) is 0 Å². The van der Waals surface area contributed by atoms with Crippen LogP contribution in [-0.2, 0) is 12.8 Å². The summed E-state index contributed by atoms with van der Waals surface area (Å²) >= 11 is 1.79. The zero-order chi connectivity index (χ0) is 16.9. The molecule has 1 aromatic carbocycles. The third kappa shape index (κ3) is 2.63. The number of thiophene rings is 1. The topological polar surface area (TPSA) is 41.1 Å². The van der Waals surface area contributed by atoms with Gasteiger partial charge < -0.3 is 10.6 Å². The Labute approximate surface area is 147 Å². The van der Waals surface area contributed by atoms with Crippen LogP contribution in [0.15, 0.2) is 30.3 Å². The van der Waals surface area contributed by atoms with Gasteiger partial charge in [0.15, 0.2) is 0 Å². The molecule has 0 radical (unpaired) electrons. The summed E-state index contributed by atoms with van der Waals surface area (Å²) in [7, 11) is 0. The highest BCUT2D eigenvalue weighted by Crippen LogP contribution is 2.45. The molecule has 126 valence electrons. The van der Waals surface area contributed by atoms with E-state index in [9.17, 15) is 4.79 Å². The van der Waals surface area contributed by atoms with E-state index in [-0.39, 0.29) is 12.1 Å². The molecule has 2 aliphatic rings. The Morgan fingerprint density at radius 1 is 1.12 bits per heavy atom. The minimum atomic E-state index is -0.135. The lowest BCUT2D eigenvalue weighted by Gasteiger charge is -2.34. The molecule has 1 aliphatic carbocycles. The molecule has 4 rings (SSSR count). The number of fused-ring (bicyclic) bond motifs is 3. The maximum absolute atomic E-state index is 12.7. The number of hydrogen-bond acceptors (Lipinski definition) is 3. The van der Waals surface area contributed by atoms with Gasteiger partial charge in [-0.2, -0.15) is 0 Å². The minimum absolute atomic E-state index is 0.0734. The minimum Gasteiger partial charge on any atom is -0.353 e. The average Bonchev–Trinajstić information content (AvgIpc) is 2.92. The molecule has 0 unspecified atom stereocenters. The van der Waals surface area contributed by atoms with Crippen molar-refractivity contribution >= 4 is 22.2 Å². The Hall–Kier alpha value is -1.81. The van der Waals surface area contributed by atoms with E-state index in [0.29, 0.717) is 11.3 Å². The first-order chi connectivity index (χ1) is 11.4. The Morgan fingerprint density at radius 2 is 1.88 bits per heavy atom. The molecule has 0 spiro atoms. The Kier molecular flexibility index (Phi) is 3.68. The molecule has 2 atom stereocenters. The fourth-order valence-electron chi connectivity index (χ4n) is 3.85. The fraction of sp³-hybridized carbons (Fsp3) is 0.450. The van der Waals surface area contributed by atoms with Crippen molar-refractivity contribution in [2.75, 3.05) is 5.32 Å². The zero-order valence-electron chi connectivity index (χ0n) is 14.5. The summed E-state index contributed by atoms with van der Waals surface area (Å²) in [5.74, 6) is 0.766. The number of carbonyl (C=O) groups excluding carboxylic acids is 1. The van der Waals surface area contributed by atoms with Gasteiger partial charge in [-0.05, 0) is 41.7 Å². The van der Waals surface area contributed by atoms with Crippen molar-refractivity contribution in [1.29, 1.82) is 0 Å². The normalized spacial score (nSPS) is 23.0. The summed E-state index contributed by atoms with van der Waals surface area (Å²) in [6, 6.07) is 10.1. The fourth-order valence-corrected chi connectivity index (χ4v) is 5.20. The molecule has 2 aromatic rings. The second-order valence-corrected chi connectivity index (χ2v) is 9.08. The standard InChI is InChI=1S/C20H24N2OS/c1-20(2,3)13-9-10-14-15(11-13)24-19-16(14)18(23)21-17(22-19)12-7-5-4-6-8-12/h4-8,13,17,22H,9-11H2,1-3H3,(H,21,23)/t13-,17+/m0/s1. The van der Waals surface area contributed by atoms with Crippen LogP contribution < -0.4 is 10.6 Å². The highest BCUT2D eigenvalue weighted by molar-refractivity contribution is 7.16. The van der Waals surface area contributed by atoms with Gasteiger partial charge in [-0.3, -0.25) is 4.79 Å². The predicted octanol–water partition coefficient (Wildman–Crippen LogP) is 4.75. The van der Waals surface area contributed by atoms with Gasteiger partial charge in [0.05, 0.1) is 5.56 Å². The van der Waals surface area contributed by atoms with Crippen molar-refractivity contribution in [1.82, 2.24) is 5.32 Å². The summed E-state index contributed by atoms with van der Waals surface area (Å²) in [6.07, 6.45) is 3.16. The van der Waals surface area contributed by atoms with Gasteiger partial charge in [-0.15, -0.1) is 11.3 Å². The van der Waals surface area contributed by atoms with Crippen LogP contribution in [0.3, 0.4) is 0 Å². The highest BCUT2D eigenvalue weighted by atomic mass is 32.1. The molecule has 1 aromatic heterocycles. The lowest BCUT2D eigenvalue weighted by molar-refractivity contribution is 0.0935. The van der Waals surface area contributed by atoms with Crippen molar-refractivity contribution in [3.05, 3.63) is 51.9 Å². The highest BCUT2D eigenvalue weighted by Gasteiger charge is 2.36. The second kappa shape index (κ2) is 5.62. The van der Waals surface area contributed by atoms with E-state index < -0.39 is 0 Å². The van der Waals surface area contributed by atoms with Crippen LogP contribution in [0.1, 0.15) is 59.7 Å². The van der Waals surface area contributed by atoms with Crippen LogP contribution in [0.2, 0.25) is 0 Å². The number of rotatable bonds is 1. The first-order valence-corrected chi connectivity index (χ1v) is 9.52. The number of carbonyl (C=O) groups is 1. The van der Waals surface area contributed by atoms with Crippen molar-refractivity contribution < 1.29 is 4.79 Å². The third-order valence-electron chi connectivity index (χ3n) is 5.40. The van der Waals surface area contributed by atoms with Crippen molar-refractivity contribution in [2.45, 2.75) is 46.2 Å². The van der Waals surface area contributed by atoms with E-state index in [1.807, 2.05) is 30.3 Å². The van der Waals surface area contributed by atoms with Crippen LogP contribution in [0.25, 0.3) is 0 Å². The molecule has 1 aliphatic heterocycles. The molecule has 0 fully saturated rings. The van der Waals surface area contributed by atoms with Gasteiger partial charge >= 0.3 is 0 Å². The largest absolute Gasteiger partial charge is 0.353 e. The Bertz CT molecular complexity index is 773. The molecule has 0 saturated heterocycles. The quantitative estimate of drug-likeness (QED) is 0.786. The van der Waals surface area contributed by atoms with Crippen molar-refractivity contribution in [3.8, 4) is 0 Å². The monoisotopic (exact) mass is 340 g/mol. The van der Waals surface area contributed by atoms with Gasteiger partial charge in [-0.1, -0.05) is 51.1 Å². The molecule has 2 N–H and O–H groups in total. The van der Waals surface area contributed by atoms with Crippen LogP contribution in [-0.4, -0.2) is 5.91 Å². The van der Waals surface area contributed by atoms with Gasteiger partial charge in [0.25, 0.3) is 5.91 Å². The van der Waals surface area contributed by atoms with Gasteiger partial charge in [0, 0.05) is 4.88 Å². The van der Waals surface area contributed by atoms with Gasteiger partial charge in [-0.25, -0.2) is 0 Å². The Morgan fingerprint density at radius 3 is 2.58 bits per heavy atom. The molecule has 24 heavy (non-hydrogen) atoms. The van der Waals surface area contributed by atoms with E-state index in [2.05, 4.69) is 31.4 Å². The number of amides is 1. The first kappa shape index (κ1) is 15.7. The van der Waals surface area contributed by atoms with E-state index in [4.69, 9.17) is 0 Å². The third-order valence-corrected chi connectivity index (χ3v) is 6.59. The molecule has 0 bridgehead atoms. The van der Waals surface area contributed by atoms with E-state index >= 15 is 0 Å². The number of anilines is 1. The molecule has 4 heteroatoms. The first-order valence-electron chi connectivity index (χ1n) is 8.70. The summed E-state index contributed by atoms with van der Waals surface area (Å²) in [5, 5.41) is 7.71. The summed E-state index contributed by atoms with van der Waals surface area (Å²) in [6.45, 7) is 6.98. The Balaban J connectivity index is 1.66. The van der Waals surface area contributed by atoms with Crippen LogP contribution in [0.4, 0.5) is 5.00 Å². The molecule has 2 heterocycles. The van der Waals surface area contributed by atoms with Gasteiger partial charge in [0.2, 0.25) is 0 Å². The number of benzene rings is 1. The van der Waals surface area contributed by atoms with Gasteiger partial charge in [0.1, 0.15) is 11.2 Å².